The molecular formula is C9H14F2O2. The summed E-state index contributed by atoms with van der Waals surface area (Å²) in [4.78, 5) is 10.6. The first-order valence-electron chi connectivity index (χ1n) is 4.33. The maximum absolute atomic E-state index is 12.7. The summed E-state index contributed by atoms with van der Waals surface area (Å²) in [6.45, 7) is 2.84. The van der Waals surface area contributed by atoms with Crippen LogP contribution in [0, 0.1) is 5.41 Å². The second kappa shape index (κ2) is 3.33. The Hall–Kier alpha value is -0.510. The van der Waals surface area contributed by atoms with E-state index in [0.717, 1.165) is 6.29 Å². The topological polar surface area (TPSA) is 26.3 Å². The van der Waals surface area contributed by atoms with E-state index < -0.39 is 17.9 Å². The van der Waals surface area contributed by atoms with Crippen LogP contribution in [0.5, 0.6) is 0 Å². The first-order chi connectivity index (χ1) is 5.87. The van der Waals surface area contributed by atoms with Crippen molar-refractivity contribution in [2.45, 2.75) is 38.7 Å². The molecule has 1 heterocycles. The van der Waals surface area contributed by atoms with Gasteiger partial charge in [0, 0.05) is 11.8 Å². The summed E-state index contributed by atoms with van der Waals surface area (Å²) >= 11 is 0. The number of rotatable bonds is 2. The molecule has 1 fully saturated rings. The third-order valence-electron chi connectivity index (χ3n) is 2.40. The zero-order valence-electron chi connectivity index (χ0n) is 7.85. The average Bonchev–Trinajstić information content (AvgIpc) is 2.04. The fraction of sp³-hybridized carbons (Fsp3) is 0.889. The molecule has 0 saturated carbocycles. The number of hydrogen-bond acceptors (Lipinski definition) is 2. The zero-order chi connectivity index (χ0) is 10.1. The number of aldehydes is 1. The van der Waals surface area contributed by atoms with E-state index in [1.54, 1.807) is 13.8 Å². The van der Waals surface area contributed by atoms with Crippen molar-refractivity contribution in [3.05, 3.63) is 0 Å². The molecule has 4 heteroatoms. The van der Waals surface area contributed by atoms with Gasteiger partial charge in [0.1, 0.15) is 12.9 Å². The van der Waals surface area contributed by atoms with Gasteiger partial charge in [-0.1, -0.05) is 13.8 Å². The summed E-state index contributed by atoms with van der Waals surface area (Å²) in [5.41, 5.74) is -0.656. The van der Waals surface area contributed by atoms with Gasteiger partial charge in [-0.2, -0.15) is 0 Å². The molecule has 76 valence electrons. The molecule has 1 aliphatic heterocycles. The van der Waals surface area contributed by atoms with E-state index in [1.807, 2.05) is 0 Å². The molecule has 1 rings (SSSR count). The third-order valence-corrected chi connectivity index (χ3v) is 2.40. The van der Waals surface area contributed by atoms with Crippen LogP contribution in [0.2, 0.25) is 0 Å². The molecular weight excluding hydrogens is 178 g/mol. The maximum Gasteiger partial charge on any atom is 0.271 e. The minimum absolute atomic E-state index is 0.186. The standard InChI is InChI=1S/C9H14F2O2/c1-8(2,5-12)7-3-4-9(10,11)6-13-7/h5,7H,3-4,6H2,1-2H3. The van der Waals surface area contributed by atoms with E-state index in [2.05, 4.69) is 0 Å². The summed E-state index contributed by atoms with van der Waals surface area (Å²) in [5.74, 6) is -2.71. The molecule has 0 amide bonds. The number of carbonyl (C=O) groups excluding carboxylic acids is 1. The van der Waals surface area contributed by atoms with Gasteiger partial charge in [0.15, 0.2) is 0 Å². The zero-order valence-corrected chi connectivity index (χ0v) is 7.85. The predicted octanol–water partition coefficient (Wildman–Crippen LogP) is 2.03. The molecule has 0 N–H and O–H groups in total. The Bertz CT molecular complexity index is 192. The van der Waals surface area contributed by atoms with Crippen LogP contribution >= 0.6 is 0 Å². The Balaban J connectivity index is 2.55. The molecule has 1 atom stereocenters. The molecule has 13 heavy (non-hydrogen) atoms. The molecule has 0 radical (unpaired) electrons. The Morgan fingerprint density at radius 3 is 2.54 bits per heavy atom. The van der Waals surface area contributed by atoms with Crippen LogP contribution in [0.1, 0.15) is 26.7 Å². The smallest absolute Gasteiger partial charge is 0.271 e. The normalized spacial score (nSPS) is 28.5. The van der Waals surface area contributed by atoms with Gasteiger partial charge in [-0.3, -0.25) is 0 Å². The lowest BCUT2D eigenvalue weighted by atomic mass is 9.84. The third kappa shape index (κ3) is 2.46. The quantitative estimate of drug-likeness (QED) is 0.626. The van der Waals surface area contributed by atoms with Crippen molar-refractivity contribution in [1.82, 2.24) is 0 Å². The summed E-state index contributed by atoms with van der Waals surface area (Å²) in [6.07, 6.45) is 0.457. The van der Waals surface area contributed by atoms with Crippen LogP contribution < -0.4 is 0 Å². The second-order valence-electron chi connectivity index (χ2n) is 4.13. The monoisotopic (exact) mass is 192 g/mol. The lowest BCUT2D eigenvalue weighted by Crippen LogP contribution is -2.42. The van der Waals surface area contributed by atoms with Gasteiger partial charge < -0.3 is 9.53 Å². The van der Waals surface area contributed by atoms with Gasteiger partial charge in [-0.15, -0.1) is 0 Å². The molecule has 0 aliphatic carbocycles. The van der Waals surface area contributed by atoms with Crippen LogP contribution in [0.3, 0.4) is 0 Å². The largest absolute Gasteiger partial charge is 0.371 e. The Morgan fingerprint density at radius 2 is 2.15 bits per heavy atom. The molecule has 0 aromatic heterocycles. The average molecular weight is 192 g/mol. The van der Waals surface area contributed by atoms with Gasteiger partial charge in [-0.25, -0.2) is 8.78 Å². The van der Waals surface area contributed by atoms with Crippen molar-refractivity contribution < 1.29 is 18.3 Å². The fourth-order valence-electron chi connectivity index (χ4n) is 1.38. The fourth-order valence-corrected chi connectivity index (χ4v) is 1.38. The molecule has 0 bridgehead atoms. The van der Waals surface area contributed by atoms with E-state index in [4.69, 9.17) is 4.74 Å². The van der Waals surface area contributed by atoms with Crippen LogP contribution in [-0.4, -0.2) is 24.9 Å². The van der Waals surface area contributed by atoms with Crippen LogP contribution in [-0.2, 0) is 9.53 Å². The summed E-state index contributed by atoms with van der Waals surface area (Å²) < 4.78 is 30.3. The van der Waals surface area contributed by atoms with Gasteiger partial charge in [-0.05, 0) is 6.42 Å². The van der Waals surface area contributed by atoms with Crippen molar-refractivity contribution in [3.8, 4) is 0 Å². The number of halogens is 2. The highest BCUT2D eigenvalue weighted by Gasteiger charge is 2.41. The van der Waals surface area contributed by atoms with E-state index >= 15 is 0 Å². The van der Waals surface area contributed by atoms with Gasteiger partial charge in [0.25, 0.3) is 5.92 Å². The van der Waals surface area contributed by atoms with Crippen molar-refractivity contribution in [2.24, 2.45) is 5.41 Å². The number of ether oxygens (including phenoxy) is 1. The highest BCUT2D eigenvalue weighted by atomic mass is 19.3. The van der Waals surface area contributed by atoms with Gasteiger partial charge in [0.05, 0.1) is 6.10 Å². The lowest BCUT2D eigenvalue weighted by Gasteiger charge is -2.35. The minimum atomic E-state index is -2.71. The second-order valence-corrected chi connectivity index (χ2v) is 4.13. The highest BCUT2D eigenvalue weighted by molar-refractivity contribution is 5.59. The highest BCUT2D eigenvalue weighted by Crippen LogP contribution is 2.34. The summed E-state index contributed by atoms with van der Waals surface area (Å²) in [5, 5.41) is 0. The van der Waals surface area contributed by atoms with E-state index in [-0.39, 0.29) is 18.9 Å². The number of carbonyl (C=O) groups is 1. The minimum Gasteiger partial charge on any atom is -0.371 e. The Kier molecular flexibility index (Phi) is 2.71. The van der Waals surface area contributed by atoms with Gasteiger partial charge in [0.2, 0.25) is 0 Å². The summed E-state index contributed by atoms with van der Waals surface area (Å²) in [6, 6.07) is 0. The van der Waals surface area contributed by atoms with E-state index in [1.165, 1.54) is 0 Å². The molecule has 1 aliphatic rings. The van der Waals surface area contributed by atoms with E-state index in [0.29, 0.717) is 0 Å². The molecule has 0 aromatic rings. The maximum atomic E-state index is 12.7. The molecule has 0 aromatic carbocycles. The van der Waals surface area contributed by atoms with Crippen molar-refractivity contribution in [2.75, 3.05) is 6.61 Å². The molecule has 1 saturated heterocycles. The van der Waals surface area contributed by atoms with E-state index in [9.17, 15) is 13.6 Å². The van der Waals surface area contributed by atoms with Crippen molar-refractivity contribution in [3.63, 3.8) is 0 Å². The summed E-state index contributed by atoms with van der Waals surface area (Å²) in [7, 11) is 0. The first-order valence-corrected chi connectivity index (χ1v) is 4.33. The Labute approximate surface area is 76.3 Å². The number of hydrogen-bond donors (Lipinski definition) is 0. The van der Waals surface area contributed by atoms with Crippen molar-refractivity contribution >= 4 is 6.29 Å². The molecule has 1 unspecified atom stereocenters. The predicted molar refractivity (Wildman–Crippen MR) is 43.8 cm³/mol. The SMILES string of the molecule is CC(C)(C=O)C1CCC(F)(F)CO1. The Morgan fingerprint density at radius 1 is 1.54 bits per heavy atom. The number of alkyl halides is 2. The molecule has 0 spiro atoms. The lowest BCUT2D eigenvalue weighted by molar-refractivity contribution is -0.170. The van der Waals surface area contributed by atoms with Crippen LogP contribution in [0.25, 0.3) is 0 Å². The van der Waals surface area contributed by atoms with Crippen LogP contribution in [0.15, 0.2) is 0 Å². The van der Waals surface area contributed by atoms with Gasteiger partial charge >= 0.3 is 0 Å². The van der Waals surface area contributed by atoms with Crippen LogP contribution in [0.4, 0.5) is 8.78 Å². The van der Waals surface area contributed by atoms with Crippen molar-refractivity contribution in [1.29, 1.82) is 0 Å². The molecule has 2 nitrogen and oxygen atoms in total. The first kappa shape index (κ1) is 10.6.